The van der Waals surface area contributed by atoms with Gasteiger partial charge in [-0.05, 0) is 24.6 Å². The van der Waals surface area contributed by atoms with Crippen LogP contribution in [0, 0.1) is 5.92 Å². The number of nitrogens with one attached hydrogen (secondary N) is 2. The highest BCUT2D eigenvalue weighted by molar-refractivity contribution is 6.01. The number of carboxylic acids is 1. The minimum absolute atomic E-state index is 0.142. The monoisotopic (exact) mass is 338 g/mol. The molecule has 1 aliphatic carbocycles. The van der Waals surface area contributed by atoms with Gasteiger partial charge in [0, 0.05) is 23.2 Å². The number of carbonyl (C=O) groups is 2. The highest BCUT2D eigenvalue weighted by atomic mass is 19.3. The average Bonchev–Trinajstić information content (AvgIpc) is 2.95. The molecular formula is C16H16F2N2O4. The molecule has 3 rings (SSSR count). The van der Waals surface area contributed by atoms with Crippen LogP contribution in [0.1, 0.15) is 23.3 Å². The number of aromatic nitrogens is 1. The Morgan fingerprint density at radius 2 is 2.21 bits per heavy atom. The third-order valence-electron chi connectivity index (χ3n) is 4.17. The van der Waals surface area contributed by atoms with Crippen molar-refractivity contribution in [2.24, 2.45) is 5.92 Å². The Kier molecular flexibility index (Phi) is 3.90. The van der Waals surface area contributed by atoms with Crippen LogP contribution in [0.3, 0.4) is 0 Å². The van der Waals surface area contributed by atoms with E-state index in [2.05, 4.69) is 10.3 Å². The predicted molar refractivity (Wildman–Crippen MR) is 81.4 cm³/mol. The number of rotatable bonds is 6. The van der Waals surface area contributed by atoms with Crippen LogP contribution in [0.5, 0.6) is 5.75 Å². The molecule has 1 fully saturated rings. The molecule has 0 radical (unpaired) electrons. The van der Waals surface area contributed by atoms with Crippen LogP contribution in [-0.2, 0) is 4.79 Å². The summed E-state index contributed by atoms with van der Waals surface area (Å²) in [6.45, 7) is 0. The van der Waals surface area contributed by atoms with Crippen LogP contribution in [0.2, 0.25) is 0 Å². The first-order valence-corrected chi connectivity index (χ1v) is 7.39. The maximum Gasteiger partial charge on any atom is 0.326 e. The third-order valence-corrected chi connectivity index (χ3v) is 4.17. The lowest BCUT2D eigenvalue weighted by molar-refractivity contribution is -0.139. The Morgan fingerprint density at radius 3 is 2.79 bits per heavy atom. The molecule has 1 amide bonds. The van der Waals surface area contributed by atoms with Gasteiger partial charge in [-0.3, -0.25) is 4.79 Å². The third kappa shape index (κ3) is 3.04. The molecule has 0 aliphatic heterocycles. The molecule has 6 nitrogen and oxygen atoms in total. The van der Waals surface area contributed by atoms with Crippen molar-refractivity contribution in [3.63, 3.8) is 0 Å². The molecule has 2 unspecified atom stereocenters. The van der Waals surface area contributed by atoms with Gasteiger partial charge in [0.05, 0.1) is 7.11 Å². The Bertz CT molecular complexity index is 802. The molecule has 24 heavy (non-hydrogen) atoms. The van der Waals surface area contributed by atoms with Crippen LogP contribution < -0.4 is 10.1 Å². The van der Waals surface area contributed by atoms with E-state index in [0.717, 1.165) is 0 Å². The van der Waals surface area contributed by atoms with Gasteiger partial charge in [0.2, 0.25) is 0 Å². The molecule has 1 aliphatic rings. The van der Waals surface area contributed by atoms with Crippen molar-refractivity contribution in [1.82, 2.24) is 10.3 Å². The van der Waals surface area contributed by atoms with E-state index >= 15 is 0 Å². The van der Waals surface area contributed by atoms with Crippen molar-refractivity contribution in [2.75, 3.05) is 7.11 Å². The lowest BCUT2D eigenvalue weighted by Gasteiger charge is -2.13. The number of carboxylic acid groups (broad SMARTS) is 1. The summed E-state index contributed by atoms with van der Waals surface area (Å²) >= 11 is 0. The minimum Gasteiger partial charge on any atom is -0.496 e. The number of carbonyl (C=O) groups excluding carboxylic acids is 1. The molecule has 2 atom stereocenters. The number of fused-ring (bicyclic) bond motifs is 1. The zero-order valence-electron chi connectivity index (χ0n) is 12.8. The van der Waals surface area contributed by atoms with Gasteiger partial charge in [0.25, 0.3) is 11.8 Å². The van der Waals surface area contributed by atoms with Gasteiger partial charge >= 0.3 is 5.97 Å². The standard InChI is InChI=1S/C16H16F2N2O4/c1-24-13-4-2-3-10-9(13)6-11(19-10)14(21)20-12(15(22)23)5-8-7-16(8,17)18/h2-4,6,8,12,19H,5,7H2,1H3,(H,20,21)(H,22,23). The number of alkyl halides is 2. The van der Waals surface area contributed by atoms with Gasteiger partial charge in [-0.15, -0.1) is 0 Å². The van der Waals surface area contributed by atoms with Gasteiger partial charge < -0.3 is 20.1 Å². The molecule has 1 heterocycles. The number of aliphatic carboxylic acids is 1. The first kappa shape index (κ1) is 16.2. The zero-order valence-corrected chi connectivity index (χ0v) is 12.8. The number of hydrogen-bond acceptors (Lipinski definition) is 3. The SMILES string of the molecule is COc1cccc2[nH]c(C(=O)NC(CC3CC3(F)F)C(=O)O)cc12. The summed E-state index contributed by atoms with van der Waals surface area (Å²) in [5, 5.41) is 12.1. The molecule has 8 heteroatoms. The summed E-state index contributed by atoms with van der Waals surface area (Å²) in [5.41, 5.74) is 0.795. The van der Waals surface area contributed by atoms with E-state index in [1.54, 1.807) is 18.2 Å². The van der Waals surface area contributed by atoms with E-state index < -0.39 is 29.8 Å². The van der Waals surface area contributed by atoms with E-state index in [1.807, 2.05) is 0 Å². The van der Waals surface area contributed by atoms with E-state index in [-0.39, 0.29) is 18.5 Å². The number of amides is 1. The number of H-pyrrole nitrogens is 1. The Hall–Kier alpha value is -2.64. The number of hydrogen-bond donors (Lipinski definition) is 3. The molecular weight excluding hydrogens is 322 g/mol. The van der Waals surface area contributed by atoms with Crippen molar-refractivity contribution in [1.29, 1.82) is 0 Å². The summed E-state index contributed by atoms with van der Waals surface area (Å²) in [5.74, 6) is -5.26. The van der Waals surface area contributed by atoms with Crippen LogP contribution in [0.15, 0.2) is 24.3 Å². The lowest BCUT2D eigenvalue weighted by atomic mass is 10.1. The van der Waals surface area contributed by atoms with Crippen molar-refractivity contribution < 1.29 is 28.2 Å². The number of aromatic amines is 1. The van der Waals surface area contributed by atoms with Gasteiger partial charge in [0.1, 0.15) is 17.5 Å². The van der Waals surface area contributed by atoms with Crippen molar-refractivity contribution >= 4 is 22.8 Å². The zero-order chi connectivity index (χ0) is 17.5. The fourth-order valence-corrected chi connectivity index (χ4v) is 2.70. The van der Waals surface area contributed by atoms with Gasteiger partial charge in [-0.25, -0.2) is 13.6 Å². The minimum atomic E-state index is -2.83. The highest BCUT2D eigenvalue weighted by Crippen LogP contribution is 2.51. The molecule has 2 aromatic rings. The van der Waals surface area contributed by atoms with E-state index in [0.29, 0.717) is 16.7 Å². The second-order valence-electron chi connectivity index (χ2n) is 5.87. The predicted octanol–water partition coefficient (Wildman–Crippen LogP) is 2.40. The van der Waals surface area contributed by atoms with E-state index in [4.69, 9.17) is 9.84 Å². The summed E-state index contributed by atoms with van der Waals surface area (Å²) in [4.78, 5) is 26.3. The molecule has 0 saturated heterocycles. The summed E-state index contributed by atoms with van der Waals surface area (Å²) in [6.07, 6.45) is -0.631. The first-order valence-electron chi connectivity index (χ1n) is 7.39. The number of benzene rings is 1. The smallest absolute Gasteiger partial charge is 0.326 e. The summed E-state index contributed by atoms with van der Waals surface area (Å²) in [7, 11) is 1.50. The normalized spacial score (nSPS) is 19.7. The van der Waals surface area contributed by atoms with Crippen LogP contribution in [-0.4, -0.2) is 41.0 Å². The first-order chi connectivity index (χ1) is 11.3. The fourth-order valence-electron chi connectivity index (χ4n) is 2.70. The Balaban J connectivity index is 1.76. The second kappa shape index (κ2) is 5.77. The van der Waals surface area contributed by atoms with Crippen LogP contribution in [0.25, 0.3) is 10.9 Å². The van der Waals surface area contributed by atoms with Crippen molar-refractivity contribution in [3.05, 3.63) is 30.0 Å². The molecule has 128 valence electrons. The second-order valence-corrected chi connectivity index (χ2v) is 5.87. The van der Waals surface area contributed by atoms with Gasteiger partial charge in [-0.2, -0.15) is 0 Å². The maximum atomic E-state index is 13.0. The number of methoxy groups -OCH3 is 1. The molecule has 3 N–H and O–H groups in total. The van der Waals surface area contributed by atoms with E-state index in [9.17, 15) is 18.4 Å². The molecule has 1 saturated carbocycles. The molecule has 0 spiro atoms. The quantitative estimate of drug-likeness (QED) is 0.754. The van der Waals surface area contributed by atoms with Crippen LogP contribution in [0.4, 0.5) is 8.78 Å². The topological polar surface area (TPSA) is 91.4 Å². The molecule has 0 bridgehead atoms. The van der Waals surface area contributed by atoms with E-state index in [1.165, 1.54) is 13.2 Å². The largest absolute Gasteiger partial charge is 0.496 e. The summed E-state index contributed by atoms with van der Waals surface area (Å²) < 4.78 is 31.2. The highest BCUT2D eigenvalue weighted by Gasteiger charge is 2.57. The molecule has 1 aromatic carbocycles. The number of ether oxygens (including phenoxy) is 1. The van der Waals surface area contributed by atoms with Crippen LogP contribution >= 0.6 is 0 Å². The van der Waals surface area contributed by atoms with Gasteiger partial charge in [0.15, 0.2) is 0 Å². The Morgan fingerprint density at radius 1 is 1.50 bits per heavy atom. The van der Waals surface area contributed by atoms with Gasteiger partial charge in [-0.1, -0.05) is 6.07 Å². The van der Waals surface area contributed by atoms with Crippen molar-refractivity contribution in [2.45, 2.75) is 24.8 Å². The number of halogens is 2. The maximum absolute atomic E-state index is 13.0. The summed E-state index contributed by atoms with van der Waals surface area (Å²) in [6, 6.07) is 5.40. The average molecular weight is 338 g/mol. The Labute approximate surface area is 135 Å². The fraction of sp³-hybridized carbons (Fsp3) is 0.375. The molecule has 1 aromatic heterocycles. The van der Waals surface area contributed by atoms with Crippen molar-refractivity contribution in [3.8, 4) is 5.75 Å². The lowest BCUT2D eigenvalue weighted by Crippen LogP contribution is -2.41.